The van der Waals surface area contributed by atoms with Crippen LogP contribution in [0.2, 0.25) is 15.1 Å². The highest BCUT2D eigenvalue weighted by Crippen LogP contribution is 2.32. The Morgan fingerprint density at radius 2 is 1.66 bits per heavy atom. The Morgan fingerprint density at radius 1 is 0.931 bits per heavy atom. The van der Waals surface area contributed by atoms with Gasteiger partial charge in [0.15, 0.2) is 0 Å². The summed E-state index contributed by atoms with van der Waals surface area (Å²) < 4.78 is 5.17. The zero-order chi connectivity index (χ0) is 20.8. The zero-order valence-corrected chi connectivity index (χ0v) is 17.2. The maximum absolute atomic E-state index is 12.1. The molecule has 9 heteroatoms. The molecule has 0 bridgehead atoms. The summed E-state index contributed by atoms with van der Waals surface area (Å²) in [4.78, 5) is 24.3. The van der Waals surface area contributed by atoms with Gasteiger partial charge in [0.25, 0.3) is 5.91 Å². The third kappa shape index (κ3) is 5.90. The molecule has 0 unspecified atom stereocenters. The van der Waals surface area contributed by atoms with Crippen LogP contribution in [0.5, 0.6) is 0 Å². The molecule has 2 aromatic carbocycles. The Bertz CT molecular complexity index is 1010. The van der Waals surface area contributed by atoms with Crippen molar-refractivity contribution in [3.63, 3.8) is 0 Å². The van der Waals surface area contributed by atoms with E-state index in [0.29, 0.717) is 39.3 Å². The molecule has 0 saturated carbocycles. The van der Waals surface area contributed by atoms with Crippen LogP contribution < -0.4 is 16.0 Å². The van der Waals surface area contributed by atoms with Crippen molar-refractivity contribution in [2.75, 3.05) is 17.2 Å². The minimum atomic E-state index is -0.314. The summed E-state index contributed by atoms with van der Waals surface area (Å²) in [5.41, 5.74) is 1.55. The van der Waals surface area contributed by atoms with Crippen molar-refractivity contribution in [1.29, 1.82) is 0 Å². The standard InChI is InChI=1S/C20H16Cl3N3O3/c21-15-8-17(23)18(9-16(15)22)26-19(27)11-24-13-5-3-12(4-6-13)20(28)25-10-14-2-1-7-29-14/h1-9,24H,10-11H2,(H,25,28)(H,26,27). The first-order valence-corrected chi connectivity index (χ1v) is 9.64. The second-order valence-corrected chi connectivity index (χ2v) is 7.21. The minimum Gasteiger partial charge on any atom is -0.467 e. The van der Waals surface area contributed by atoms with E-state index in [1.54, 1.807) is 42.7 Å². The maximum Gasteiger partial charge on any atom is 0.251 e. The number of carbonyl (C=O) groups is 2. The molecule has 0 aliphatic heterocycles. The molecule has 3 rings (SSSR count). The summed E-state index contributed by atoms with van der Waals surface area (Å²) >= 11 is 17.9. The first-order chi connectivity index (χ1) is 13.9. The normalized spacial score (nSPS) is 10.4. The van der Waals surface area contributed by atoms with Crippen LogP contribution in [0.15, 0.2) is 59.2 Å². The number of halogens is 3. The summed E-state index contributed by atoms with van der Waals surface area (Å²) in [5, 5.41) is 9.28. The largest absolute Gasteiger partial charge is 0.467 e. The van der Waals surface area contributed by atoms with E-state index >= 15 is 0 Å². The van der Waals surface area contributed by atoms with Crippen molar-refractivity contribution < 1.29 is 14.0 Å². The first kappa shape index (κ1) is 21.0. The molecular weight excluding hydrogens is 437 g/mol. The van der Waals surface area contributed by atoms with Crippen LogP contribution in [0.25, 0.3) is 0 Å². The Balaban J connectivity index is 1.50. The van der Waals surface area contributed by atoms with Crippen molar-refractivity contribution in [2.24, 2.45) is 0 Å². The van der Waals surface area contributed by atoms with Gasteiger partial charge in [-0.2, -0.15) is 0 Å². The first-order valence-electron chi connectivity index (χ1n) is 8.51. The number of hydrogen-bond donors (Lipinski definition) is 3. The van der Waals surface area contributed by atoms with Gasteiger partial charge in [-0.3, -0.25) is 9.59 Å². The van der Waals surface area contributed by atoms with Crippen LogP contribution in [0.3, 0.4) is 0 Å². The number of rotatable bonds is 7. The highest BCUT2D eigenvalue weighted by molar-refractivity contribution is 6.44. The lowest BCUT2D eigenvalue weighted by Crippen LogP contribution is -2.23. The van der Waals surface area contributed by atoms with Gasteiger partial charge in [0.05, 0.1) is 40.1 Å². The van der Waals surface area contributed by atoms with Gasteiger partial charge < -0.3 is 20.4 Å². The lowest BCUT2D eigenvalue weighted by atomic mass is 10.2. The minimum absolute atomic E-state index is 0.000606. The number of carbonyl (C=O) groups excluding carboxylic acids is 2. The molecule has 29 heavy (non-hydrogen) atoms. The van der Waals surface area contributed by atoms with Gasteiger partial charge >= 0.3 is 0 Å². The molecule has 1 heterocycles. The maximum atomic E-state index is 12.1. The molecule has 2 amide bonds. The van der Waals surface area contributed by atoms with E-state index in [-0.39, 0.29) is 23.4 Å². The van der Waals surface area contributed by atoms with Crippen LogP contribution in [-0.4, -0.2) is 18.4 Å². The zero-order valence-electron chi connectivity index (χ0n) is 15.0. The van der Waals surface area contributed by atoms with Gasteiger partial charge in [-0.1, -0.05) is 34.8 Å². The highest BCUT2D eigenvalue weighted by Gasteiger charge is 2.10. The predicted octanol–water partition coefficient (Wildman–Crippen LogP) is 5.22. The monoisotopic (exact) mass is 451 g/mol. The summed E-state index contributed by atoms with van der Waals surface area (Å²) in [6.07, 6.45) is 1.55. The van der Waals surface area contributed by atoms with Crippen molar-refractivity contribution in [3.05, 3.63) is 81.2 Å². The number of amides is 2. The second-order valence-electron chi connectivity index (χ2n) is 5.99. The quantitative estimate of drug-likeness (QED) is 0.429. The second kappa shape index (κ2) is 9.69. The summed E-state index contributed by atoms with van der Waals surface area (Å²) in [6, 6.07) is 13.2. The predicted molar refractivity (Wildman–Crippen MR) is 115 cm³/mol. The van der Waals surface area contributed by atoms with Crippen molar-refractivity contribution >= 4 is 58.0 Å². The van der Waals surface area contributed by atoms with E-state index in [0.717, 1.165) is 0 Å². The number of anilines is 2. The topological polar surface area (TPSA) is 83.4 Å². The van der Waals surface area contributed by atoms with Crippen molar-refractivity contribution in [1.82, 2.24) is 5.32 Å². The van der Waals surface area contributed by atoms with Crippen LogP contribution in [0.1, 0.15) is 16.1 Å². The van der Waals surface area contributed by atoms with Gasteiger partial charge in [0, 0.05) is 11.3 Å². The van der Waals surface area contributed by atoms with Gasteiger partial charge in [0.2, 0.25) is 5.91 Å². The fourth-order valence-corrected chi connectivity index (χ4v) is 3.01. The summed E-state index contributed by atoms with van der Waals surface area (Å²) in [7, 11) is 0. The molecule has 150 valence electrons. The van der Waals surface area contributed by atoms with Gasteiger partial charge in [-0.05, 0) is 48.5 Å². The van der Waals surface area contributed by atoms with Gasteiger partial charge in [-0.15, -0.1) is 0 Å². The fourth-order valence-electron chi connectivity index (χ4n) is 2.42. The highest BCUT2D eigenvalue weighted by atomic mass is 35.5. The Labute approximate surface area is 182 Å². The number of nitrogens with one attached hydrogen (secondary N) is 3. The van der Waals surface area contributed by atoms with Crippen molar-refractivity contribution in [2.45, 2.75) is 6.54 Å². The molecule has 0 radical (unpaired) electrons. The molecule has 3 N–H and O–H groups in total. The molecular formula is C20H16Cl3N3O3. The molecule has 0 fully saturated rings. The molecule has 0 saturated heterocycles. The van der Waals surface area contributed by atoms with E-state index in [1.165, 1.54) is 12.1 Å². The third-order valence-electron chi connectivity index (χ3n) is 3.89. The van der Waals surface area contributed by atoms with Crippen LogP contribution in [0, 0.1) is 0 Å². The van der Waals surface area contributed by atoms with E-state index in [1.807, 2.05) is 0 Å². The van der Waals surface area contributed by atoms with Crippen LogP contribution >= 0.6 is 34.8 Å². The number of hydrogen-bond acceptors (Lipinski definition) is 4. The SMILES string of the molecule is O=C(CNc1ccc(C(=O)NCc2ccco2)cc1)Nc1cc(Cl)c(Cl)cc1Cl. The molecule has 0 aliphatic rings. The lowest BCUT2D eigenvalue weighted by Gasteiger charge is -2.10. The smallest absolute Gasteiger partial charge is 0.251 e. The van der Waals surface area contributed by atoms with Crippen LogP contribution in [0.4, 0.5) is 11.4 Å². The molecule has 0 spiro atoms. The summed E-state index contributed by atoms with van der Waals surface area (Å²) in [5.74, 6) is 0.134. The number of benzene rings is 2. The van der Waals surface area contributed by atoms with Gasteiger partial charge in [-0.25, -0.2) is 0 Å². The van der Waals surface area contributed by atoms with E-state index in [2.05, 4.69) is 16.0 Å². The average Bonchev–Trinajstić information content (AvgIpc) is 3.23. The molecule has 1 aromatic heterocycles. The third-order valence-corrected chi connectivity index (χ3v) is 4.92. The van der Waals surface area contributed by atoms with E-state index < -0.39 is 0 Å². The number of furan rings is 1. The van der Waals surface area contributed by atoms with Crippen LogP contribution in [-0.2, 0) is 11.3 Å². The summed E-state index contributed by atoms with van der Waals surface area (Å²) in [6.45, 7) is 0.309. The molecule has 0 aliphatic carbocycles. The Morgan fingerprint density at radius 3 is 2.34 bits per heavy atom. The van der Waals surface area contributed by atoms with Gasteiger partial charge in [0.1, 0.15) is 5.76 Å². The molecule has 6 nitrogen and oxygen atoms in total. The van der Waals surface area contributed by atoms with Crippen molar-refractivity contribution in [3.8, 4) is 0 Å². The average molecular weight is 453 g/mol. The molecule has 3 aromatic rings. The Hall–Kier alpha value is -2.67. The fraction of sp³-hybridized carbons (Fsp3) is 0.100. The molecule has 0 atom stereocenters. The lowest BCUT2D eigenvalue weighted by molar-refractivity contribution is -0.114. The Kier molecular flexibility index (Phi) is 7.04. The van der Waals surface area contributed by atoms with E-state index in [9.17, 15) is 9.59 Å². The van der Waals surface area contributed by atoms with E-state index in [4.69, 9.17) is 39.2 Å².